The second-order valence-electron chi connectivity index (χ2n) is 3.70. The fourth-order valence-corrected chi connectivity index (χ4v) is 2.89. The van der Waals surface area contributed by atoms with E-state index >= 15 is 0 Å². The van der Waals surface area contributed by atoms with E-state index in [1.807, 2.05) is 0 Å². The number of methoxy groups -OCH3 is 1. The summed E-state index contributed by atoms with van der Waals surface area (Å²) >= 11 is 0. The summed E-state index contributed by atoms with van der Waals surface area (Å²) in [5, 5.41) is 9.06. The average Bonchev–Trinajstić information content (AvgIpc) is 2.27. The molecule has 1 aromatic rings. The van der Waals surface area contributed by atoms with Gasteiger partial charge in [-0.05, 0) is 24.3 Å². The van der Waals surface area contributed by atoms with Crippen LogP contribution < -0.4 is 0 Å². The van der Waals surface area contributed by atoms with Crippen LogP contribution in [-0.4, -0.2) is 32.4 Å². The summed E-state index contributed by atoms with van der Waals surface area (Å²) < 4.78 is 28.2. The van der Waals surface area contributed by atoms with Crippen LogP contribution in [0.4, 0.5) is 0 Å². The molecule has 17 heavy (non-hydrogen) atoms. The van der Waals surface area contributed by atoms with Crippen LogP contribution in [-0.2, 0) is 19.4 Å². The highest BCUT2D eigenvalue weighted by Gasteiger charge is 2.23. The summed E-state index contributed by atoms with van der Waals surface area (Å²) in [6, 6.07) is 5.18. The Balaban J connectivity index is 2.89. The first-order chi connectivity index (χ1) is 7.86. The first-order valence-corrected chi connectivity index (χ1v) is 6.61. The molecule has 0 aliphatic rings. The molecule has 1 atom stereocenters. The normalized spacial score (nSPS) is 13.1. The third kappa shape index (κ3) is 3.45. The van der Waals surface area contributed by atoms with Crippen LogP contribution in [0.1, 0.15) is 6.92 Å². The number of carbonyl (C=O) groups excluding carboxylic acids is 1. The number of hydrogen-bond acceptors (Lipinski definition) is 5. The Morgan fingerprint density at radius 1 is 1.35 bits per heavy atom. The molecule has 1 unspecified atom stereocenters. The van der Waals surface area contributed by atoms with Crippen molar-refractivity contribution in [3.05, 3.63) is 24.3 Å². The Kier molecular flexibility index (Phi) is 4.11. The van der Waals surface area contributed by atoms with Gasteiger partial charge in [-0.2, -0.15) is 0 Å². The maximum absolute atomic E-state index is 11.9. The highest BCUT2D eigenvalue weighted by molar-refractivity contribution is 7.91. The quantitative estimate of drug-likeness (QED) is 0.814. The largest absolute Gasteiger partial charge is 0.508 e. The first kappa shape index (κ1) is 13.5. The van der Waals surface area contributed by atoms with E-state index in [2.05, 4.69) is 4.74 Å². The average molecular weight is 258 g/mol. The molecular formula is C11H14O5S. The standard InChI is InChI=1S/C11H14O5S/c1-8(11(13)16-2)7-17(14,15)10-5-3-9(12)4-6-10/h3-6,8,12H,7H2,1-2H3. The van der Waals surface area contributed by atoms with E-state index in [-0.39, 0.29) is 16.4 Å². The van der Waals surface area contributed by atoms with Crippen molar-refractivity contribution in [3.8, 4) is 5.75 Å². The Morgan fingerprint density at radius 3 is 2.35 bits per heavy atom. The van der Waals surface area contributed by atoms with Gasteiger partial charge in [0.25, 0.3) is 0 Å². The van der Waals surface area contributed by atoms with Gasteiger partial charge >= 0.3 is 5.97 Å². The van der Waals surface area contributed by atoms with E-state index in [1.165, 1.54) is 38.3 Å². The zero-order valence-corrected chi connectivity index (χ0v) is 10.4. The minimum absolute atomic E-state index is 0.00929. The van der Waals surface area contributed by atoms with E-state index in [9.17, 15) is 13.2 Å². The second-order valence-corrected chi connectivity index (χ2v) is 5.73. The van der Waals surface area contributed by atoms with E-state index in [1.54, 1.807) is 0 Å². The number of phenolic OH excluding ortho intramolecular Hbond substituents is 1. The summed E-state index contributed by atoms with van der Waals surface area (Å²) in [6.07, 6.45) is 0. The van der Waals surface area contributed by atoms with Gasteiger partial charge in [0.05, 0.1) is 23.7 Å². The van der Waals surface area contributed by atoms with Crippen molar-refractivity contribution in [3.63, 3.8) is 0 Å². The smallest absolute Gasteiger partial charge is 0.309 e. The molecule has 0 aliphatic carbocycles. The summed E-state index contributed by atoms with van der Waals surface area (Å²) in [5.41, 5.74) is 0. The molecular weight excluding hydrogens is 244 g/mol. The lowest BCUT2D eigenvalue weighted by Gasteiger charge is -2.09. The molecule has 0 bridgehead atoms. The number of ether oxygens (including phenoxy) is 1. The van der Waals surface area contributed by atoms with Gasteiger partial charge in [-0.3, -0.25) is 4.79 Å². The molecule has 0 aromatic heterocycles. The van der Waals surface area contributed by atoms with Crippen molar-refractivity contribution < 1.29 is 23.1 Å². The Bertz CT molecular complexity index is 489. The number of benzene rings is 1. The summed E-state index contributed by atoms with van der Waals surface area (Å²) in [4.78, 5) is 11.2. The molecule has 1 N–H and O–H groups in total. The number of rotatable bonds is 4. The predicted molar refractivity (Wildman–Crippen MR) is 61.3 cm³/mol. The fourth-order valence-electron chi connectivity index (χ4n) is 1.35. The molecule has 0 spiro atoms. The van der Waals surface area contributed by atoms with Gasteiger partial charge in [-0.15, -0.1) is 0 Å². The van der Waals surface area contributed by atoms with Crippen LogP contribution in [0.5, 0.6) is 5.75 Å². The number of carbonyl (C=O) groups is 1. The monoisotopic (exact) mass is 258 g/mol. The van der Waals surface area contributed by atoms with Crippen LogP contribution in [0.25, 0.3) is 0 Å². The lowest BCUT2D eigenvalue weighted by atomic mass is 10.2. The number of hydrogen-bond donors (Lipinski definition) is 1. The maximum Gasteiger partial charge on any atom is 0.309 e. The molecule has 5 nitrogen and oxygen atoms in total. The minimum Gasteiger partial charge on any atom is -0.508 e. The third-order valence-electron chi connectivity index (χ3n) is 2.27. The number of esters is 1. The molecule has 94 valence electrons. The summed E-state index contributed by atoms with van der Waals surface area (Å²) in [7, 11) is -2.33. The highest BCUT2D eigenvalue weighted by Crippen LogP contribution is 2.18. The molecule has 0 radical (unpaired) electrons. The molecule has 0 aliphatic heterocycles. The molecule has 1 aromatic carbocycles. The maximum atomic E-state index is 11.9. The summed E-state index contributed by atoms with van der Waals surface area (Å²) in [5.74, 6) is -1.61. The van der Waals surface area contributed by atoms with E-state index in [4.69, 9.17) is 5.11 Å². The predicted octanol–water partition coefficient (Wildman–Crippen LogP) is 0.975. The van der Waals surface area contributed by atoms with Crippen molar-refractivity contribution >= 4 is 15.8 Å². The van der Waals surface area contributed by atoms with Gasteiger partial charge in [-0.1, -0.05) is 6.92 Å². The Hall–Kier alpha value is -1.56. The third-order valence-corrected chi connectivity index (χ3v) is 4.20. The number of sulfone groups is 1. The lowest BCUT2D eigenvalue weighted by molar-refractivity contribution is -0.144. The number of aromatic hydroxyl groups is 1. The fraction of sp³-hybridized carbons (Fsp3) is 0.364. The van der Waals surface area contributed by atoms with E-state index in [0.29, 0.717) is 0 Å². The minimum atomic E-state index is -3.54. The topological polar surface area (TPSA) is 80.7 Å². The van der Waals surface area contributed by atoms with Crippen molar-refractivity contribution in [2.75, 3.05) is 12.9 Å². The van der Waals surface area contributed by atoms with Crippen LogP contribution in [0.3, 0.4) is 0 Å². The molecule has 0 amide bonds. The molecule has 0 fully saturated rings. The zero-order chi connectivity index (χ0) is 13.1. The van der Waals surface area contributed by atoms with Crippen LogP contribution in [0, 0.1) is 5.92 Å². The highest BCUT2D eigenvalue weighted by atomic mass is 32.2. The van der Waals surface area contributed by atoms with Crippen LogP contribution >= 0.6 is 0 Å². The SMILES string of the molecule is COC(=O)C(C)CS(=O)(=O)c1ccc(O)cc1. The number of phenols is 1. The van der Waals surface area contributed by atoms with E-state index in [0.717, 1.165) is 0 Å². The lowest BCUT2D eigenvalue weighted by Crippen LogP contribution is -2.22. The zero-order valence-electron chi connectivity index (χ0n) is 9.58. The molecule has 6 heteroatoms. The van der Waals surface area contributed by atoms with Crippen molar-refractivity contribution in [1.29, 1.82) is 0 Å². The van der Waals surface area contributed by atoms with Crippen LogP contribution in [0.15, 0.2) is 29.2 Å². The second kappa shape index (κ2) is 5.18. The molecule has 1 rings (SSSR count). The van der Waals surface area contributed by atoms with E-state index < -0.39 is 21.7 Å². The van der Waals surface area contributed by atoms with Crippen molar-refractivity contribution in [2.24, 2.45) is 5.92 Å². The molecule has 0 saturated carbocycles. The first-order valence-electron chi connectivity index (χ1n) is 4.96. The van der Waals surface area contributed by atoms with Crippen molar-refractivity contribution in [2.45, 2.75) is 11.8 Å². The van der Waals surface area contributed by atoms with Gasteiger partial charge in [-0.25, -0.2) is 8.42 Å². The van der Waals surface area contributed by atoms with Gasteiger partial charge in [0.1, 0.15) is 5.75 Å². The van der Waals surface area contributed by atoms with Crippen LogP contribution in [0.2, 0.25) is 0 Å². The van der Waals surface area contributed by atoms with Gasteiger partial charge < -0.3 is 9.84 Å². The van der Waals surface area contributed by atoms with Gasteiger partial charge in [0.2, 0.25) is 0 Å². The van der Waals surface area contributed by atoms with Crippen molar-refractivity contribution in [1.82, 2.24) is 0 Å². The Morgan fingerprint density at radius 2 is 1.88 bits per heavy atom. The van der Waals surface area contributed by atoms with Gasteiger partial charge in [0.15, 0.2) is 9.84 Å². The van der Waals surface area contributed by atoms with Gasteiger partial charge in [0, 0.05) is 0 Å². The summed E-state index contributed by atoms with van der Waals surface area (Å²) in [6.45, 7) is 1.49. The molecule has 0 saturated heterocycles. The Labute approximate surface area is 100.0 Å². The molecule has 0 heterocycles.